The van der Waals surface area contributed by atoms with Gasteiger partial charge >= 0.3 is 0 Å². The first-order chi connectivity index (χ1) is 11.6. The van der Waals surface area contributed by atoms with Crippen LogP contribution in [0.15, 0.2) is 59.0 Å². The van der Waals surface area contributed by atoms with Gasteiger partial charge in [-0.2, -0.15) is 0 Å². The molecule has 0 spiro atoms. The first kappa shape index (κ1) is 14.6. The first-order valence-corrected chi connectivity index (χ1v) is 8.00. The number of carbonyl (C=O) groups is 1. The third-order valence-electron chi connectivity index (χ3n) is 4.59. The molecule has 0 atom stereocenters. The number of nitrogen functional groups attached to an aromatic ring is 1. The lowest BCUT2D eigenvalue weighted by Crippen LogP contribution is -2.28. The third kappa shape index (κ3) is 2.27. The topological polar surface area (TPSA) is 59.5 Å². The number of fused-ring (bicyclic) bond motifs is 1. The van der Waals surface area contributed by atoms with Crippen molar-refractivity contribution in [2.45, 2.75) is 13.3 Å². The summed E-state index contributed by atoms with van der Waals surface area (Å²) in [5.41, 5.74) is 10.7. The summed E-state index contributed by atoms with van der Waals surface area (Å²) in [4.78, 5) is 14.6. The predicted octanol–water partition coefficient (Wildman–Crippen LogP) is 4.04. The molecule has 0 bridgehead atoms. The molecule has 0 saturated heterocycles. The maximum atomic E-state index is 12.8. The minimum absolute atomic E-state index is 0.104. The highest BCUT2D eigenvalue weighted by molar-refractivity contribution is 6.05. The van der Waals surface area contributed by atoms with E-state index in [4.69, 9.17) is 10.2 Å². The molecule has 4 rings (SSSR count). The van der Waals surface area contributed by atoms with E-state index < -0.39 is 0 Å². The monoisotopic (exact) mass is 318 g/mol. The van der Waals surface area contributed by atoms with Crippen molar-refractivity contribution in [3.63, 3.8) is 0 Å². The number of para-hydroxylation sites is 1. The molecule has 2 N–H and O–H groups in total. The minimum Gasteiger partial charge on any atom is -0.451 e. The molecule has 0 fully saturated rings. The van der Waals surface area contributed by atoms with E-state index in [-0.39, 0.29) is 5.91 Å². The van der Waals surface area contributed by atoms with Crippen LogP contribution in [-0.4, -0.2) is 12.5 Å². The second-order valence-corrected chi connectivity index (χ2v) is 6.02. The SMILES string of the molecule is Cc1c(N)cccc1-c1ccc(C(=O)N2CCc3ccccc32)o1. The van der Waals surface area contributed by atoms with Gasteiger partial charge in [0, 0.05) is 23.5 Å². The normalized spacial score (nSPS) is 13.1. The Bertz CT molecular complexity index is 927. The number of benzene rings is 2. The Morgan fingerprint density at radius 3 is 2.79 bits per heavy atom. The molecule has 1 aromatic heterocycles. The highest BCUT2D eigenvalue weighted by Gasteiger charge is 2.27. The first-order valence-electron chi connectivity index (χ1n) is 8.00. The molecular weight excluding hydrogens is 300 g/mol. The summed E-state index contributed by atoms with van der Waals surface area (Å²) >= 11 is 0. The van der Waals surface area contributed by atoms with Crippen molar-refractivity contribution < 1.29 is 9.21 Å². The van der Waals surface area contributed by atoms with Gasteiger partial charge in [0.2, 0.25) is 0 Å². The summed E-state index contributed by atoms with van der Waals surface area (Å²) in [6.07, 6.45) is 0.879. The molecular formula is C20H18N2O2. The lowest BCUT2D eigenvalue weighted by atomic mass is 10.1. The van der Waals surface area contributed by atoms with Crippen molar-refractivity contribution in [2.75, 3.05) is 17.2 Å². The van der Waals surface area contributed by atoms with Gasteiger partial charge in [-0.15, -0.1) is 0 Å². The Labute approximate surface area is 140 Å². The number of nitrogens with zero attached hydrogens (tertiary/aromatic N) is 1. The summed E-state index contributed by atoms with van der Waals surface area (Å²) in [5.74, 6) is 0.909. The lowest BCUT2D eigenvalue weighted by molar-refractivity contribution is 0.0963. The molecule has 3 aromatic rings. The fourth-order valence-corrected chi connectivity index (χ4v) is 3.20. The lowest BCUT2D eigenvalue weighted by Gasteiger charge is -2.15. The number of hydrogen-bond acceptors (Lipinski definition) is 3. The number of anilines is 2. The maximum Gasteiger partial charge on any atom is 0.294 e. The van der Waals surface area contributed by atoms with E-state index in [0.717, 1.165) is 23.2 Å². The summed E-state index contributed by atoms with van der Waals surface area (Å²) in [6, 6.07) is 17.3. The van der Waals surface area contributed by atoms with Gasteiger partial charge < -0.3 is 15.1 Å². The van der Waals surface area contributed by atoms with Crippen LogP contribution in [0.2, 0.25) is 0 Å². The van der Waals surface area contributed by atoms with Gasteiger partial charge in [-0.05, 0) is 48.7 Å². The fourth-order valence-electron chi connectivity index (χ4n) is 3.20. The standard InChI is InChI=1S/C20H18N2O2/c1-13-15(6-4-7-16(13)21)18-9-10-19(24-18)20(23)22-12-11-14-5-2-3-8-17(14)22/h2-10H,11-12,21H2,1H3. The number of hydrogen-bond donors (Lipinski definition) is 1. The highest BCUT2D eigenvalue weighted by Crippen LogP contribution is 2.32. The Balaban J connectivity index is 1.66. The van der Waals surface area contributed by atoms with Gasteiger partial charge in [0.1, 0.15) is 5.76 Å². The minimum atomic E-state index is -0.104. The van der Waals surface area contributed by atoms with Gasteiger partial charge in [-0.1, -0.05) is 30.3 Å². The van der Waals surface area contributed by atoms with Crippen molar-refractivity contribution in [3.05, 3.63) is 71.5 Å². The van der Waals surface area contributed by atoms with Crippen LogP contribution in [0.25, 0.3) is 11.3 Å². The number of furan rings is 1. The van der Waals surface area contributed by atoms with E-state index in [2.05, 4.69) is 6.07 Å². The van der Waals surface area contributed by atoms with E-state index in [9.17, 15) is 4.79 Å². The van der Waals surface area contributed by atoms with E-state index in [1.165, 1.54) is 5.56 Å². The Hall–Kier alpha value is -3.01. The summed E-state index contributed by atoms with van der Waals surface area (Å²) in [7, 11) is 0. The molecule has 24 heavy (non-hydrogen) atoms. The summed E-state index contributed by atoms with van der Waals surface area (Å²) < 4.78 is 5.85. The maximum absolute atomic E-state index is 12.8. The van der Waals surface area contributed by atoms with Crippen LogP contribution >= 0.6 is 0 Å². The van der Waals surface area contributed by atoms with Gasteiger partial charge in [0.25, 0.3) is 5.91 Å². The second-order valence-electron chi connectivity index (χ2n) is 6.02. The average molecular weight is 318 g/mol. The molecule has 4 heteroatoms. The van der Waals surface area contributed by atoms with Crippen LogP contribution in [0.1, 0.15) is 21.7 Å². The predicted molar refractivity (Wildman–Crippen MR) is 95.1 cm³/mol. The number of amides is 1. The van der Waals surface area contributed by atoms with Crippen LogP contribution in [0.5, 0.6) is 0 Å². The molecule has 120 valence electrons. The van der Waals surface area contributed by atoms with E-state index in [0.29, 0.717) is 23.8 Å². The highest BCUT2D eigenvalue weighted by atomic mass is 16.4. The van der Waals surface area contributed by atoms with Crippen LogP contribution in [0.4, 0.5) is 11.4 Å². The zero-order chi connectivity index (χ0) is 16.7. The van der Waals surface area contributed by atoms with Crippen molar-refractivity contribution >= 4 is 17.3 Å². The fraction of sp³-hybridized carbons (Fsp3) is 0.150. The molecule has 1 amide bonds. The molecule has 0 unspecified atom stereocenters. The molecule has 0 radical (unpaired) electrons. The number of carbonyl (C=O) groups excluding carboxylic acids is 1. The molecule has 2 aromatic carbocycles. The van der Waals surface area contributed by atoms with Gasteiger partial charge in [-0.3, -0.25) is 4.79 Å². The van der Waals surface area contributed by atoms with Gasteiger partial charge in [0.05, 0.1) is 0 Å². The largest absolute Gasteiger partial charge is 0.451 e. The number of rotatable bonds is 2. The molecule has 1 aliphatic heterocycles. The molecule has 2 heterocycles. The van der Waals surface area contributed by atoms with Crippen molar-refractivity contribution in [1.29, 1.82) is 0 Å². The summed E-state index contributed by atoms with van der Waals surface area (Å²) in [5, 5.41) is 0. The summed E-state index contributed by atoms with van der Waals surface area (Å²) in [6.45, 7) is 2.64. The van der Waals surface area contributed by atoms with Crippen molar-refractivity contribution in [2.24, 2.45) is 0 Å². The number of nitrogens with two attached hydrogens (primary N) is 1. The van der Waals surface area contributed by atoms with Crippen LogP contribution in [-0.2, 0) is 6.42 Å². The zero-order valence-electron chi connectivity index (χ0n) is 13.5. The Kier molecular flexibility index (Phi) is 3.38. The van der Waals surface area contributed by atoms with E-state index in [1.807, 2.05) is 49.4 Å². The molecule has 0 aliphatic carbocycles. The molecule has 1 aliphatic rings. The van der Waals surface area contributed by atoms with Crippen LogP contribution < -0.4 is 10.6 Å². The third-order valence-corrected chi connectivity index (χ3v) is 4.59. The van der Waals surface area contributed by atoms with E-state index >= 15 is 0 Å². The Morgan fingerprint density at radius 2 is 1.92 bits per heavy atom. The van der Waals surface area contributed by atoms with Crippen molar-refractivity contribution in [3.8, 4) is 11.3 Å². The van der Waals surface area contributed by atoms with Gasteiger partial charge in [0.15, 0.2) is 5.76 Å². The quantitative estimate of drug-likeness (QED) is 0.725. The van der Waals surface area contributed by atoms with E-state index in [1.54, 1.807) is 11.0 Å². The average Bonchev–Trinajstić information content (AvgIpc) is 3.24. The zero-order valence-corrected chi connectivity index (χ0v) is 13.5. The van der Waals surface area contributed by atoms with Crippen LogP contribution in [0.3, 0.4) is 0 Å². The molecule has 0 saturated carbocycles. The van der Waals surface area contributed by atoms with Crippen molar-refractivity contribution in [1.82, 2.24) is 0 Å². The van der Waals surface area contributed by atoms with Crippen LogP contribution in [0, 0.1) is 6.92 Å². The van der Waals surface area contributed by atoms with Gasteiger partial charge in [-0.25, -0.2) is 0 Å². The molecule has 4 nitrogen and oxygen atoms in total. The Morgan fingerprint density at radius 1 is 1.08 bits per heavy atom. The smallest absolute Gasteiger partial charge is 0.294 e. The second kappa shape index (κ2) is 5.57.